The van der Waals surface area contributed by atoms with Crippen LogP contribution in [0, 0.1) is 5.92 Å². The van der Waals surface area contributed by atoms with Gasteiger partial charge in [0.25, 0.3) is 0 Å². The first-order valence-electron chi connectivity index (χ1n) is 7.38. The Morgan fingerprint density at radius 3 is 2.65 bits per heavy atom. The normalized spacial score (nSPS) is 17.3. The van der Waals surface area contributed by atoms with Crippen LogP contribution in [0.15, 0.2) is 24.3 Å². The smallest absolute Gasteiger partial charge is 0.335 e. The number of methoxy groups -OCH3 is 1. The van der Waals surface area contributed by atoms with E-state index in [1.165, 1.54) is 12.1 Å². The maximum Gasteiger partial charge on any atom is 0.335 e. The Hall–Kier alpha value is -2.41. The molecule has 0 spiro atoms. The molecular formula is C16H20N2O5. The number of nitrogens with zero attached hydrogens (tertiary/aromatic N) is 1. The van der Waals surface area contributed by atoms with Gasteiger partial charge in [0.15, 0.2) is 0 Å². The van der Waals surface area contributed by atoms with Crippen LogP contribution in [-0.2, 0) is 20.9 Å². The molecule has 0 unspecified atom stereocenters. The van der Waals surface area contributed by atoms with Crippen molar-refractivity contribution in [3.8, 4) is 0 Å². The summed E-state index contributed by atoms with van der Waals surface area (Å²) in [5, 5.41) is 11.6. The molecule has 1 heterocycles. The molecular weight excluding hydrogens is 300 g/mol. The summed E-state index contributed by atoms with van der Waals surface area (Å²) in [6.45, 7) is 1.67. The number of hydrogen-bond donors (Lipinski definition) is 2. The largest absolute Gasteiger partial charge is 0.478 e. The lowest BCUT2D eigenvalue weighted by Crippen LogP contribution is -2.33. The van der Waals surface area contributed by atoms with Gasteiger partial charge in [-0.3, -0.25) is 9.59 Å². The van der Waals surface area contributed by atoms with Gasteiger partial charge in [-0.1, -0.05) is 12.1 Å². The van der Waals surface area contributed by atoms with Gasteiger partial charge in [0.2, 0.25) is 11.8 Å². The Kier molecular flexibility index (Phi) is 5.70. The number of aromatic carboxylic acids is 1. The lowest BCUT2D eigenvalue weighted by molar-refractivity contribution is -0.129. The van der Waals surface area contributed by atoms with E-state index in [1.807, 2.05) is 0 Å². The number of carboxylic acid groups (broad SMARTS) is 1. The quantitative estimate of drug-likeness (QED) is 0.762. The molecule has 7 heteroatoms. The van der Waals surface area contributed by atoms with Crippen LogP contribution in [0.1, 0.15) is 22.3 Å². The molecule has 0 aliphatic carbocycles. The standard InChI is InChI=1S/C16H20N2O5/c1-23-7-6-18-10-13(8-14(18)19)15(20)17-9-11-2-4-12(5-3-11)16(21)22/h2-5,13H,6-10H2,1H3,(H,17,20)(H,21,22)/t13-/m1/s1. The lowest BCUT2D eigenvalue weighted by atomic mass is 10.1. The summed E-state index contributed by atoms with van der Waals surface area (Å²) in [6, 6.07) is 6.31. The molecule has 1 saturated heterocycles. The molecule has 0 aromatic heterocycles. The molecule has 0 radical (unpaired) electrons. The second-order valence-electron chi connectivity index (χ2n) is 5.45. The van der Waals surface area contributed by atoms with Gasteiger partial charge in [-0.15, -0.1) is 0 Å². The minimum Gasteiger partial charge on any atom is -0.478 e. The van der Waals surface area contributed by atoms with Gasteiger partial charge in [0.1, 0.15) is 0 Å². The molecule has 2 N–H and O–H groups in total. The minimum atomic E-state index is -0.985. The molecule has 2 amide bonds. The van der Waals surface area contributed by atoms with Crippen LogP contribution in [-0.4, -0.2) is 54.6 Å². The van der Waals surface area contributed by atoms with Crippen molar-refractivity contribution in [2.24, 2.45) is 5.92 Å². The van der Waals surface area contributed by atoms with Gasteiger partial charge in [-0.2, -0.15) is 0 Å². The van der Waals surface area contributed by atoms with E-state index in [2.05, 4.69) is 5.32 Å². The van der Waals surface area contributed by atoms with Crippen LogP contribution in [0.4, 0.5) is 0 Å². The van der Waals surface area contributed by atoms with Crippen molar-refractivity contribution in [1.29, 1.82) is 0 Å². The van der Waals surface area contributed by atoms with Crippen molar-refractivity contribution in [1.82, 2.24) is 10.2 Å². The van der Waals surface area contributed by atoms with Crippen molar-refractivity contribution < 1.29 is 24.2 Å². The number of amides is 2. The highest BCUT2D eigenvalue weighted by Crippen LogP contribution is 2.17. The van der Waals surface area contributed by atoms with Crippen LogP contribution in [0.2, 0.25) is 0 Å². The van der Waals surface area contributed by atoms with Crippen LogP contribution >= 0.6 is 0 Å². The number of ether oxygens (including phenoxy) is 1. The monoisotopic (exact) mass is 320 g/mol. The summed E-state index contributed by atoms with van der Waals surface area (Å²) in [4.78, 5) is 36.4. The van der Waals surface area contributed by atoms with E-state index in [0.717, 1.165) is 5.56 Å². The Bertz CT molecular complexity index is 585. The highest BCUT2D eigenvalue weighted by Gasteiger charge is 2.33. The third kappa shape index (κ3) is 4.53. The summed E-state index contributed by atoms with van der Waals surface area (Å²) in [5.41, 5.74) is 1.01. The number of hydrogen-bond acceptors (Lipinski definition) is 4. The molecule has 1 aromatic rings. The Balaban J connectivity index is 1.83. The van der Waals surface area contributed by atoms with E-state index in [-0.39, 0.29) is 29.7 Å². The number of carboxylic acids is 1. The van der Waals surface area contributed by atoms with Gasteiger partial charge in [0.05, 0.1) is 18.1 Å². The van der Waals surface area contributed by atoms with Crippen molar-refractivity contribution in [2.75, 3.05) is 26.8 Å². The predicted octanol–water partition coefficient (Wildman–Crippen LogP) is 0.496. The van der Waals surface area contributed by atoms with Crippen molar-refractivity contribution in [3.05, 3.63) is 35.4 Å². The van der Waals surface area contributed by atoms with E-state index in [0.29, 0.717) is 26.2 Å². The fourth-order valence-corrected chi connectivity index (χ4v) is 2.46. The maximum atomic E-state index is 12.1. The second-order valence-corrected chi connectivity index (χ2v) is 5.45. The van der Waals surface area contributed by atoms with Crippen LogP contribution in [0.3, 0.4) is 0 Å². The fraction of sp³-hybridized carbons (Fsp3) is 0.438. The molecule has 7 nitrogen and oxygen atoms in total. The zero-order valence-corrected chi connectivity index (χ0v) is 12.9. The number of likely N-dealkylation sites (tertiary alicyclic amines) is 1. The number of carbonyl (C=O) groups is 3. The first kappa shape index (κ1) is 17.0. The number of nitrogens with one attached hydrogen (secondary N) is 1. The molecule has 0 saturated carbocycles. The first-order chi connectivity index (χ1) is 11.0. The average molecular weight is 320 g/mol. The molecule has 2 rings (SSSR count). The van der Waals surface area contributed by atoms with E-state index in [1.54, 1.807) is 24.1 Å². The predicted molar refractivity (Wildman–Crippen MR) is 81.8 cm³/mol. The lowest BCUT2D eigenvalue weighted by Gasteiger charge is -2.15. The highest BCUT2D eigenvalue weighted by molar-refractivity contribution is 5.89. The summed E-state index contributed by atoms with van der Waals surface area (Å²) in [7, 11) is 1.57. The average Bonchev–Trinajstić information content (AvgIpc) is 2.92. The number of benzene rings is 1. The van der Waals surface area contributed by atoms with E-state index >= 15 is 0 Å². The molecule has 0 bridgehead atoms. The van der Waals surface area contributed by atoms with Crippen LogP contribution in [0.25, 0.3) is 0 Å². The molecule has 1 atom stereocenters. The van der Waals surface area contributed by atoms with E-state index in [4.69, 9.17) is 9.84 Å². The highest BCUT2D eigenvalue weighted by atomic mass is 16.5. The molecule has 124 valence electrons. The Labute approximate surface area is 134 Å². The second kappa shape index (κ2) is 7.73. The van der Waals surface area contributed by atoms with Gasteiger partial charge in [-0.05, 0) is 17.7 Å². The zero-order valence-electron chi connectivity index (χ0n) is 12.9. The fourth-order valence-electron chi connectivity index (χ4n) is 2.46. The van der Waals surface area contributed by atoms with Gasteiger partial charge >= 0.3 is 5.97 Å². The summed E-state index contributed by atoms with van der Waals surface area (Å²) in [6.07, 6.45) is 0.216. The van der Waals surface area contributed by atoms with Crippen molar-refractivity contribution in [2.45, 2.75) is 13.0 Å². The van der Waals surface area contributed by atoms with E-state index < -0.39 is 5.97 Å². The first-order valence-corrected chi connectivity index (χ1v) is 7.38. The molecule has 23 heavy (non-hydrogen) atoms. The molecule has 1 aromatic carbocycles. The number of rotatable bonds is 7. The van der Waals surface area contributed by atoms with Gasteiger partial charge in [-0.25, -0.2) is 4.79 Å². The van der Waals surface area contributed by atoms with Gasteiger partial charge in [0, 0.05) is 33.2 Å². The summed E-state index contributed by atoms with van der Waals surface area (Å²) in [5.74, 6) is -1.53. The SMILES string of the molecule is COCCN1C[C@H](C(=O)NCc2ccc(C(=O)O)cc2)CC1=O. The zero-order chi connectivity index (χ0) is 16.8. The van der Waals surface area contributed by atoms with Crippen molar-refractivity contribution >= 4 is 17.8 Å². The minimum absolute atomic E-state index is 0.0342. The maximum absolute atomic E-state index is 12.1. The van der Waals surface area contributed by atoms with E-state index in [9.17, 15) is 14.4 Å². The van der Waals surface area contributed by atoms with Crippen LogP contribution in [0.5, 0.6) is 0 Å². The third-order valence-corrected chi connectivity index (χ3v) is 3.82. The molecule has 1 aliphatic rings. The molecule has 1 aliphatic heterocycles. The van der Waals surface area contributed by atoms with Crippen molar-refractivity contribution in [3.63, 3.8) is 0 Å². The summed E-state index contributed by atoms with van der Waals surface area (Å²) < 4.78 is 4.94. The Morgan fingerprint density at radius 2 is 2.04 bits per heavy atom. The third-order valence-electron chi connectivity index (χ3n) is 3.82. The summed E-state index contributed by atoms with van der Waals surface area (Å²) >= 11 is 0. The topological polar surface area (TPSA) is 95.9 Å². The molecule has 1 fully saturated rings. The number of carbonyl (C=O) groups excluding carboxylic acids is 2. The van der Waals surface area contributed by atoms with Crippen LogP contribution < -0.4 is 5.32 Å². The Morgan fingerprint density at radius 1 is 1.35 bits per heavy atom. The van der Waals surface area contributed by atoms with Gasteiger partial charge < -0.3 is 20.1 Å².